The van der Waals surface area contributed by atoms with Gasteiger partial charge < -0.3 is 5.11 Å². The molecule has 4 nitrogen and oxygen atoms in total. The Bertz CT molecular complexity index is 177. The maximum absolute atomic E-state index is 10.8. The van der Waals surface area contributed by atoms with Crippen LogP contribution in [0.15, 0.2) is 0 Å². The molecule has 0 aliphatic carbocycles. The van der Waals surface area contributed by atoms with Crippen molar-refractivity contribution >= 4 is 10.1 Å². The van der Waals surface area contributed by atoms with Gasteiger partial charge in [0.25, 0.3) is 10.1 Å². The molecule has 0 aromatic heterocycles. The Morgan fingerprint density at radius 2 is 2.00 bits per heavy atom. The first-order valence-corrected chi connectivity index (χ1v) is 4.50. The first kappa shape index (κ1) is 12.5. The number of rotatable bonds is 4. The van der Waals surface area contributed by atoms with E-state index in [0.717, 1.165) is 0 Å². The average molecular weight is 419 g/mol. The van der Waals surface area contributed by atoms with Gasteiger partial charge >= 0.3 is 0 Å². The van der Waals surface area contributed by atoms with Crippen molar-refractivity contribution in [3.05, 3.63) is 0 Å². The molecule has 0 heterocycles. The Kier molecular flexibility index (Phi) is 5.30. The van der Waals surface area contributed by atoms with Crippen molar-refractivity contribution in [3.8, 4) is 0 Å². The normalized spacial score (nSPS) is 13.7. The van der Waals surface area contributed by atoms with Crippen LogP contribution >= 0.6 is 0 Å². The third-order valence-electron chi connectivity index (χ3n) is 1.28. The molecule has 1 N–H and O–H groups in total. The molecule has 0 amide bonds. The van der Waals surface area contributed by atoms with Crippen molar-refractivity contribution in [3.63, 3.8) is 0 Å². The number of hydrogen-bond acceptors (Lipinski definition) is 4. The third kappa shape index (κ3) is 3.54. The summed E-state index contributed by atoms with van der Waals surface area (Å²) in [6.45, 7) is 2.50. The van der Waals surface area contributed by atoms with E-state index < -0.39 is 22.2 Å². The summed E-state index contributed by atoms with van der Waals surface area (Å²) >= 11 is 0. The summed E-state index contributed by atoms with van der Waals surface area (Å²) in [7, 11) is -3.51. The minimum atomic E-state index is -3.51. The molecule has 0 fully saturated rings. The van der Waals surface area contributed by atoms with E-state index in [4.69, 9.17) is 5.11 Å². The second-order valence-corrected chi connectivity index (χ2v) is 3.98. The molecule has 0 radical (unpaired) electrons. The van der Waals surface area contributed by atoms with Crippen LogP contribution in [0, 0.1) is 0 Å². The van der Waals surface area contributed by atoms with Crippen molar-refractivity contribution in [1.82, 2.24) is 0 Å². The van der Waals surface area contributed by atoms with Crippen LogP contribution in [0.25, 0.3) is 0 Å². The van der Waals surface area contributed by atoms with E-state index >= 15 is 0 Å². The SMILES string of the molecule is CCC(C)S(=O)(=O)OCO.[Cf]. The predicted octanol–water partition coefficient (Wildman–Crippen LogP) is 0.0811. The topological polar surface area (TPSA) is 63.6 Å². The maximum Gasteiger partial charge on any atom is 0.272 e. The van der Waals surface area contributed by atoms with Gasteiger partial charge in [0.15, 0.2) is 6.79 Å². The molecule has 0 bridgehead atoms. The molecule has 0 rings (SSSR count). The van der Waals surface area contributed by atoms with Crippen molar-refractivity contribution in [2.75, 3.05) is 6.79 Å². The van der Waals surface area contributed by atoms with E-state index in [1.807, 2.05) is 0 Å². The van der Waals surface area contributed by atoms with E-state index in [2.05, 4.69) is 4.18 Å². The van der Waals surface area contributed by atoms with Gasteiger partial charge in [-0.25, -0.2) is 4.18 Å². The largest absolute Gasteiger partial charge is 0.369 e. The van der Waals surface area contributed by atoms with E-state index in [0.29, 0.717) is 6.42 Å². The minimum absolute atomic E-state index is 0. The minimum Gasteiger partial charge on any atom is -0.369 e. The van der Waals surface area contributed by atoms with Gasteiger partial charge in [0, 0.05) is 0 Å². The molecule has 0 aliphatic rings. The molecule has 0 saturated heterocycles. The van der Waals surface area contributed by atoms with Gasteiger partial charge in [-0.15, -0.1) is 0 Å². The van der Waals surface area contributed by atoms with Crippen molar-refractivity contribution in [2.24, 2.45) is 0 Å². The van der Waals surface area contributed by atoms with Gasteiger partial charge in [-0.05, 0) is 13.3 Å². The van der Waals surface area contributed by atoms with Gasteiger partial charge in [0.2, 0.25) is 0 Å². The standard InChI is InChI=1S/C5H12O4S.Cf/c1-3-5(2)10(7,8)9-4-6;/h5-6H,3-4H2,1-2H3;. The smallest absolute Gasteiger partial charge is 0.272 e. The molecule has 11 heavy (non-hydrogen) atoms. The van der Waals surface area contributed by atoms with E-state index in [1.54, 1.807) is 6.92 Å². The fourth-order valence-corrected chi connectivity index (χ4v) is 1.18. The van der Waals surface area contributed by atoms with E-state index in [9.17, 15) is 8.42 Å². The van der Waals surface area contributed by atoms with Crippen LogP contribution in [0.2, 0.25) is 0 Å². The first-order chi connectivity index (χ1) is 4.54. The van der Waals surface area contributed by atoms with E-state index in [-0.39, 0.29) is 0 Å². The van der Waals surface area contributed by atoms with Crippen LogP contribution in [-0.2, 0) is 14.3 Å². The molecule has 0 aromatic rings. The first-order valence-electron chi connectivity index (χ1n) is 3.03. The van der Waals surface area contributed by atoms with Gasteiger partial charge in [-0.3, -0.25) is 0 Å². The Morgan fingerprint density at radius 1 is 1.55 bits per heavy atom. The summed E-state index contributed by atoms with van der Waals surface area (Å²) in [5.41, 5.74) is 0. The molecule has 0 saturated carbocycles. The number of aliphatic hydroxyl groups is 1. The maximum atomic E-state index is 10.8. The van der Waals surface area contributed by atoms with Crippen LogP contribution in [0.5, 0.6) is 0 Å². The zero-order valence-electron chi connectivity index (χ0n) is 6.39. The predicted molar refractivity (Wildman–Crippen MR) is 36.8 cm³/mol. The molecular weight excluding hydrogens is 407 g/mol. The van der Waals surface area contributed by atoms with Gasteiger partial charge in [-0.1, -0.05) is 6.92 Å². The molecule has 1 unspecified atom stereocenters. The second kappa shape index (κ2) is 4.65. The fraction of sp³-hybridized carbons (Fsp3) is 1.00. The van der Waals surface area contributed by atoms with Gasteiger partial charge in [0.05, 0.1) is 5.25 Å². The molecule has 0 aliphatic heterocycles. The molecular formula is C5H12CfO4S. The summed E-state index contributed by atoms with van der Waals surface area (Å²) < 4.78 is 25.7. The van der Waals surface area contributed by atoms with Crippen LogP contribution in [0.3, 0.4) is 0 Å². The van der Waals surface area contributed by atoms with Crippen molar-refractivity contribution in [1.29, 1.82) is 0 Å². The Hall–Kier alpha value is -1.13. The monoisotopic (exact) mass is 417 g/mol. The van der Waals surface area contributed by atoms with Crippen LogP contribution in [0.1, 0.15) is 20.3 Å². The third-order valence-corrected chi connectivity index (χ3v) is 3.04. The van der Waals surface area contributed by atoms with Crippen molar-refractivity contribution < 1.29 is 17.7 Å². The molecule has 0 aromatic carbocycles. The molecule has 1 atom stereocenters. The molecule has 0 spiro atoms. The Labute approximate surface area is 60.9 Å². The summed E-state index contributed by atoms with van der Waals surface area (Å²) in [5, 5.41) is 7.60. The Balaban J connectivity index is 0. The summed E-state index contributed by atoms with van der Waals surface area (Å²) in [5.74, 6) is 0. The molecule has 6 heteroatoms. The zero-order chi connectivity index (χ0) is 8.20. The zero-order valence-corrected chi connectivity index (χ0v) is 9.84. The van der Waals surface area contributed by atoms with Crippen LogP contribution in [0.4, 0.5) is 0 Å². The summed E-state index contributed by atoms with van der Waals surface area (Å²) in [4.78, 5) is 0. The quantitative estimate of drug-likeness (QED) is 0.518. The number of hydrogen-bond donors (Lipinski definition) is 1. The summed E-state index contributed by atoms with van der Waals surface area (Å²) in [6.07, 6.45) is 0.488. The van der Waals surface area contributed by atoms with Gasteiger partial charge in [-0.2, -0.15) is 8.42 Å². The summed E-state index contributed by atoms with van der Waals surface area (Å²) in [6, 6.07) is 0. The number of aliphatic hydroxyl groups excluding tert-OH is 1. The fourth-order valence-electron chi connectivity index (χ4n) is 0.394. The average Bonchev–Trinajstić information content (AvgIpc) is 1.86. The van der Waals surface area contributed by atoms with Crippen molar-refractivity contribution in [2.45, 2.75) is 25.5 Å². The van der Waals surface area contributed by atoms with Crippen LogP contribution < -0.4 is 0 Å². The van der Waals surface area contributed by atoms with Crippen LogP contribution in [-0.4, -0.2) is 25.6 Å². The Morgan fingerprint density at radius 3 is 2.27 bits per heavy atom. The van der Waals surface area contributed by atoms with E-state index in [1.165, 1.54) is 6.92 Å². The molecule has 72 valence electrons. The second-order valence-electron chi connectivity index (χ2n) is 1.96. The van der Waals surface area contributed by atoms with Gasteiger partial charge in [0.1, 0.15) is 0 Å².